The van der Waals surface area contributed by atoms with Crippen LogP contribution in [0.5, 0.6) is 0 Å². The quantitative estimate of drug-likeness (QED) is 0.786. The van der Waals surface area contributed by atoms with Crippen molar-refractivity contribution in [1.82, 2.24) is 5.32 Å². The molecule has 0 saturated carbocycles. The molecule has 5 heteroatoms. The number of thiocarbonyl (C=S) groups is 1. The number of nitrogens with one attached hydrogen (secondary N) is 1. The number of anilines is 1. The molecule has 0 fully saturated rings. The van der Waals surface area contributed by atoms with Gasteiger partial charge in [-0.05, 0) is 37.6 Å². The Balaban J connectivity index is 3.00. The number of carbonyl (C=O) groups is 1. The van der Waals surface area contributed by atoms with E-state index in [1.807, 2.05) is 36.9 Å². The largest absolute Gasteiger partial charge is 0.389 e. The van der Waals surface area contributed by atoms with E-state index in [1.54, 1.807) is 7.05 Å². The third-order valence-electron chi connectivity index (χ3n) is 2.82. The van der Waals surface area contributed by atoms with E-state index in [1.165, 1.54) is 0 Å². The Kier molecular flexibility index (Phi) is 5.09. The number of likely N-dealkylation sites (N-methyl/N-ethyl adjacent to an activating group) is 2. The summed E-state index contributed by atoms with van der Waals surface area (Å²) in [7, 11) is 1.64. The Hall–Kier alpha value is -1.62. The van der Waals surface area contributed by atoms with E-state index in [0.717, 1.165) is 23.4 Å². The van der Waals surface area contributed by atoms with Gasteiger partial charge in [0.15, 0.2) is 0 Å². The maximum atomic E-state index is 11.4. The van der Waals surface area contributed by atoms with Gasteiger partial charge in [-0.25, -0.2) is 0 Å². The van der Waals surface area contributed by atoms with Gasteiger partial charge in [-0.2, -0.15) is 0 Å². The van der Waals surface area contributed by atoms with Crippen molar-refractivity contribution < 1.29 is 4.79 Å². The number of aryl methyl sites for hydroxylation is 1. The molecule has 3 N–H and O–H groups in total. The van der Waals surface area contributed by atoms with E-state index in [-0.39, 0.29) is 5.91 Å². The summed E-state index contributed by atoms with van der Waals surface area (Å²) in [4.78, 5) is 13.8. The van der Waals surface area contributed by atoms with Gasteiger partial charge in [0.25, 0.3) is 0 Å². The molecule has 0 aliphatic heterocycles. The number of carbonyl (C=O) groups excluding carboxylic acids is 1. The Bertz CT molecular complexity index is 460. The van der Waals surface area contributed by atoms with Crippen molar-refractivity contribution >= 4 is 28.8 Å². The summed E-state index contributed by atoms with van der Waals surface area (Å²) < 4.78 is 0. The number of hydrogen-bond donors (Lipinski definition) is 2. The van der Waals surface area contributed by atoms with Crippen LogP contribution in [0.25, 0.3) is 0 Å². The summed E-state index contributed by atoms with van der Waals surface area (Å²) in [5.74, 6) is -0.00493. The van der Waals surface area contributed by atoms with Gasteiger partial charge >= 0.3 is 0 Å². The van der Waals surface area contributed by atoms with E-state index < -0.39 is 0 Å². The van der Waals surface area contributed by atoms with E-state index in [9.17, 15) is 4.79 Å². The molecule has 0 saturated heterocycles. The average molecular weight is 265 g/mol. The van der Waals surface area contributed by atoms with E-state index in [4.69, 9.17) is 18.0 Å². The highest BCUT2D eigenvalue weighted by atomic mass is 32.1. The molecule has 0 heterocycles. The Morgan fingerprint density at radius 1 is 1.50 bits per heavy atom. The second kappa shape index (κ2) is 6.35. The minimum atomic E-state index is -0.00493. The van der Waals surface area contributed by atoms with Crippen molar-refractivity contribution in [2.24, 2.45) is 5.73 Å². The first-order valence-electron chi connectivity index (χ1n) is 5.85. The highest BCUT2D eigenvalue weighted by Gasteiger charge is 2.11. The molecule has 0 spiro atoms. The first-order chi connectivity index (χ1) is 8.49. The molecule has 1 rings (SSSR count). The summed E-state index contributed by atoms with van der Waals surface area (Å²) in [5, 5.41) is 2.63. The van der Waals surface area contributed by atoms with Gasteiger partial charge in [0.2, 0.25) is 5.91 Å². The van der Waals surface area contributed by atoms with E-state index >= 15 is 0 Å². The third kappa shape index (κ3) is 3.43. The summed E-state index contributed by atoms with van der Waals surface area (Å²) in [5.41, 5.74) is 8.54. The molecule has 0 radical (unpaired) electrons. The van der Waals surface area contributed by atoms with Crippen LogP contribution in [0, 0.1) is 6.92 Å². The Morgan fingerprint density at radius 2 is 2.17 bits per heavy atom. The summed E-state index contributed by atoms with van der Waals surface area (Å²) >= 11 is 4.95. The van der Waals surface area contributed by atoms with Gasteiger partial charge in [0.1, 0.15) is 4.99 Å². The summed E-state index contributed by atoms with van der Waals surface area (Å²) in [6.45, 7) is 5.12. The zero-order chi connectivity index (χ0) is 13.7. The second-order valence-corrected chi connectivity index (χ2v) is 4.49. The lowest BCUT2D eigenvalue weighted by atomic mass is 10.1. The molecule has 0 unspecified atom stereocenters. The topological polar surface area (TPSA) is 58.4 Å². The maximum Gasteiger partial charge on any atom is 0.239 e. The SMILES string of the molecule is CCN(CC(=O)NC)c1ccc(C(N)=S)cc1C. The predicted molar refractivity (Wildman–Crippen MR) is 79.0 cm³/mol. The van der Waals surface area contributed by atoms with Crippen LogP contribution in [-0.4, -0.2) is 31.0 Å². The maximum absolute atomic E-state index is 11.4. The predicted octanol–water partition coefficient (Wildman–Crippen LogP) is 1.20. The van der Waals surface area contributed by atoms with Crippen LogP contribution in [-0.2, 0) is 4.79 Å². The molecule has 0 aliphatic carbocycles. The molecule has 18 heavy (non-hydrogen) atoms. The molecule has 0 aliphatic rings. The standard InChI is InChI=1S/C13H19N3OS/c1-4-16(8-12(17)15-3)11-6-5-10(13(14)18)7-9(11)2/h5-7H,4,8H2,1-3H3,(H2,14,18)(H,15,17). The number of amides is 1. The first kappa shape index (κ1) is 14.4. The molecular weight excluding hydrogens is 246 g/mol. The monoisotopic (exact) mass is 265 g/mol. The smallest absolute Gasteiger partial charge is 0.239 e. The van der Waals surface area contributed by atoms with Crippen molar-refractivity contribution in [1.29, 1.82) is 0 Å². The Labute approximate surface area is 113 Å². The molecule has 0 aromatic heterocycles. The highest BCUT2D eigenvalue weighted by molar-refractivity contribution is 7.80. The Morgan fingerprint density at radius 3 is 2.61 bits per heavy atom. The zero-order valence-electron chi connectivity index (χ0n) is 11.0. The molecule has 1 aromatic carbocycles. The second-order valence-electron chi connectivity index (χ2n) is 4.05. The molecule has 1 aromatic rings. The molecule has 98 valence electrons. The average Bonchev–Trinajstić information content (AvgIpc) is 2.35. The fourth-order valence-corrected chi connectivity index (χ4v) is 1.91. The van der Waals surface area contributed by atoms with Crippen LogP contribution >= 0.6 is 12.2 Å². The fraction of sp³-hybridized carbons (Fsp3) is 0.385. The van der Waals surface area contributed by atoms with Crippen molar-refractivity contribution in [3.05, 3.63) is 29.3 Å². The zero-order valence-corrected chi connectivity index (χ0v) is 11.8. The minimum absolute atomic E-state index is 0.00493. The van der Waals surface area contributed by atoms with E-state index in [2.05, 4.69) is 5.32 Å². The fourth-order valence-electron chi connectivity index (χ4n) is 1.78. The normalized spacial score (nSPS) is 9.94. The van der Waals surface area contributed by atoms with Crippen molar-refractivity contribution in [3.63, 3.8) is 0 Å². The number of hydrogen-bond acceptors (Lipinski definition) is 3. The van der Waals surface area contributed by atoms with Gasteiger partial charge in [-0.3, -0.25) is 4.79 Å². The summed E-state index contributed by atoms with van der Waals surface area (Å²) in [6, 6.07) is 5.79. The van der Waals surface area contributed by atoms with Gasteiger partial charge in [0, 0.05) is 24.8 Å². The minimum Gasteiger partial charge on any atom is -0.389 e. The third-order valence-corrected chi connectivity index (χ3v) is 3.05. The molecule has 4 nitrogen and oxygen atoms in total. The van der Waals surface area contributed by atoms with Crippen LogP contribution in [0.3, 0.4) is 0 Å². The van der Waals surface area contributed by atoms with Gasteiger partial charge in [-0.15, -0.1) is 0 Å². The lowest BCUT2D eigenvalue weighted by molar-refractivity contribution is -0.119. The van der Waals surface area contributed by atoms with Gasteiger partial charge in [-0.1, -0.05) is 12.2 Å². The number of rotatable bonds is 5. The van der Waals surface area contributed by atoms with Crippen molar-refractivity contribution in [2.75, 3.05) is 25.0 Å². The molecular formula is C13H19N3OS. The lowest BCUT2D eigenvalue weighted by Gasteiger charge is -2.24. The van der Waals surface area contributed by atoms with Crippen LogP contribution in [0.15, 0.2) is 18.2 Å². The first-order valence-corrected chi connectivity index (χ1v) is 6.26. The molecule has 0 bridgehead atoms. The lowest BCUT2D eigenvalue weighted by Crippen LogP contribution is -2.35. The van der Waals surface area contributed by atoms with Crippen molar-refractivity contribution in [2.45, 2.75) is 13.8 Å². The number of nitrogens with two attached hydrogens (primary N) is 1. The van der Waals surface area contributed by atoms with Crippen LogP contribution in [0.1, 0.15) is 18.1 Å². The van der Waals surface area contributed by atoms with E-state index in [0.29, 0.717) is 11.5 Å². The van der Waals surface area contributed by atoms with Crippen molar-refractivity contribution in [3.8, 4) is 0 Å². The van der Waals surface area contributed by atoms with Gasteiger partial charge < -0.3 is 16.0 Å². The number of benzene rings is 1. The molecule has 0 atom stereocenters. The molecule has 1 amide bonds. The summed E-state index contributed by atoms with van der Waals surface area (Å²) in [6.07, 6.45) is 0. The van der Waals surface area contributed by atoms with Crippen LogP contribution in [0.4, 0.5) is 5.69 Å². The van der Waals surface area contributed by atoms with Crippen LogP contribution in [0.2, 0.25) is 0 Å². The number of nitrogens with zero attached hydrogens (tertiary/aromatic N) is 1. The highest BCUT2D eigenvalue weighted by Crippen LogP contribution is 2.21. The van der Waals surface area contributed by atoms with Gasteiger partial charge in [0.05, 0.1) is 6.54 Å². The van der Waals surface area contributed by atoms with Crippen LogP contribution < -0.4 is 16.0 Å².